The second-order valence-electron chi connectivity index (χ2n) is 6.51. The predicted molar refractivity (Wildman–Crippen MR) is 110 cm³/mol. The molecule has 1 saturated heterocycles. The first-order chi connectivity index (χ1) is 14.1. The monoisotopic (exact) mass is 397 g/mol. The molecule has 0 N–H and O–H groups in total. The Morgan fingerprint density at radius 2 is 1.97 bits per heavy atom. The molecule has 1 heterocycles. The molecule has 1 fully saturated rings. The minimum atomic E-state index is -0.412. The molecular weight excluding hydrogens is 374 g/mol. The maximum atomic E-state index is 11.6. The van der Waals surface area contributed by atoms with Crippen LogP contribution >= 0.6 is 0 Å². The van der Waals surface area contributed by atoms with Crippen molar-refractivity contribution >= 4 is 29.2 Å². The van der Waals surface area contributed by atoms with Crippen molar-refractivity contribution in [1.82, 2.24) is 0 Å². The van der Waals surface area contributed by atoms with Gasteiger partial charge in [-0.25, -0.2) is 0 Å². The quantitative estimate of drug-likeness (QED) is 0.308. The van der Waals surface area contributed by atoms with Crippen molar-refractivity contribution < 1.29 is 19.2 Å². The van der Waals surface area contributed by atoms with Crippen molar-refractivity contribution in [3.05, 3.63) is 63.7 Å². The van der Waals surface area contributed by atoms with Crippen LogP contribution in [0.4, 0.5) is 17.1 Å². The highest BCUT2D eigenvalue weighted by atomic mass is 16.6. The van der Waals surface area contributed by atoms with Gasteiger partial charge in [-0.05, 0) is 30.7 Å². The normalized spacial score (nSPS) is 14.2. The van der Waals surface area contributed by atoms with E-state index in [2.05, 4.69) is 9.89 Å². The molecule has 0 radical (unpaired) electrons. The molecule has 1 aliphatic heterocycles. The summed E-state index contributed by atoms with van der Waals surface area (Å²) in [5.41, 5.74) is 3.12. The van der Waals surface area contributed by atoms with E-state index in [9.17, 15) is 14.9 Å². The number of non-ortho nitro benzene ring substituents is 1. The molecule has 0 bridgehead atoms. The average Bonchev–Trinajstić information content (AvgIpc) is 2.74. The van der Waals surface area contributed by atoms with Gasteiger partial charge in [0.2, 0.25) is 0 Å². The van der Waals surface area contributed by atoms with Crippen LogP contribution in [-0.4, -0.2) is 50.0 Å². The molecule has 0 aromatic heterocycles. The number of carbonyl (C=O) groups excluding carboxylic acids is 1. The Hall–Kier alpha value is -3.26. The number of carbonyl (C=O) groups is 1. The van der Waals surface area contributed by atoms with Crippen LogP contribution in [-0.2, 0) is 20.7 Å². The highest BCUT2D eigenvalue weighted by Gasteiger charge is 2.17. The molecule has 29 heavy (non-hydrogen) atoms. The second kappa shape index (κ2) is 9.79. The molecular formula is C21H23N3O5. The lowest BCUT2D eigenvalue weighted by atomic mass is 10.1. The fourth-order valence-electron chi connectivity index (χ4n) is 3.07. The fraction of sp³-hybridized carbons (Fsp3) is 0.333. The van der Waals surface area contributed by atoms with Gasteiger partial charge in [-0.1, -0.05) is 12.1 Å². The van der Waals surface area contributed by atoms with Gasteiger partial charge in [-0.2, -0.15) is 0 Å². The van der Waals surface area contributed by atoms with Crippen LogP contribution in [0.2, 0.25) is 0 Å². The Labute approximate surface area is 168 Å². The van der Waals surface area contributed by atoms with Gasteiger partial charge in [-0.3, -0.25) is 19.9 Å². The third-order valence-electron chi connectivity index (χ3n) is 4.52. The fourth-order valence-corrected chi connectivity index (χ4v) is 3.07. The molecule has 2 aromatic rings. The lowest BCUT2D eigenvalue weighted by Gasteiger charge is -2.29. The Morgan fingerprint density at radius 1 is 1.24 bits per heavy atom. The number of nitrogens with zero attached hydrogens (tertiary/aromatic N) is 3. The van der Waals surface area contributed by atoms with Crippen LogP contribution in [0.1, 0.15) is 18.1 Å². The summed E-state index contributed by atoms with van der Waals surface area (Å²) >= 11 is 0. The third kappa shape index (κ3) is 5.61. The molecule has 0 amide bonds. The highest BCUT2D eigenvalue weighted by molar-refractivity contribution is 5.90. The maximum Gasteiger partial charge on any atom is 0.310 e. The summed E-state index contributed by atoms with van der Waals surface area (Å²) in [5.74, 6) is -0.268. The van der Waals surface area contributed by atoms with Gasteiger partial charge in [-0.15, -0.1) is 0 Å². The number of hydrogen-bond acceptors (Lipinski definition) is 7. The molecule has 8 nitrogen and oxygen atoms in total. The summed E-state index contributed by atoms with van der Waals surface area (Å²) in [5, 5.41) is 11.2. The SMILES string of the molecule is CCOC(=O)Cc1ccc(N=Cc2cc([N+](=O)[O-])ccc2N2CCOCC2)cc1. The zero-order chi connectivity index (χ0) is 20.6. The van der Waals surface area contributed by atoms with Crippen molar-refractivity contribution in [2.45, 2.75) is 13.3 Å². The minimum Gasteiger partial charge on any atom is -0.466 e. The number of nitro groups is 1. The highest BCUT2D eigenvalue weighted by Crippen LogP contribution is 2.26. The Kier molecular flexibility index (Phi) is 6.91. The first-order valence-electron chi connectivity index (χ1n) is 9.46. The van der Waals surface area contributed by atoms with Crippen molar-refractivity contribution in [3.8, 4) is 0 Å². The van der Waals surface area contributed by atoms with Crippen LogP contribution in [0.5, 0.6) is 0 Å². The third-order valence-corrected chi connectivity index (χ3v) is 4.52. The number of rotatable bonds is 7. The van der Waals surface area contributed by atoms with Gasteiger partial charge in [0.1, 0.15) is 0 Å². The predicted octanol–water partition coefficient (Wildman–Crippen LogP) is 3.29. The number of hydrogen-bond donors (Lipinski definition) is 0. The average molecular weight is 397 g/mol. The van der Waals surface area contributed by atoms with E-state index in [1.807, 2.05) is 12.1 Å². The molecule has 8 heteroatoms. The number of ether oxygens (including phenoxy) is 2. The van der Waals surface area contributed by atoms with Crippen LogP contribution in [0.3, 0.4) is 0 Å². The van der Waals surface area contributed by atoms with E-state index in [0.717, 1.165) is 24.3 Å². The lowest BCUT2D eigenvalue weighted by molar-refractivity contribution is -0.384. The molecule has 0 aliphatic carbocycles. The van der Waals surface area contributed by atoms with Gasteiger partial charge < -0.3 is 14.4 Å². The summed E-state index contributed by atoms with van der Waals surface area (Å²) < 4.78 is 10.3. The molecule has 1 aliphatic rings. The van der Waals surface area contributed by atoms with E-state index in [0.29, 0.717) is 31.1 Å². The van der Waals surface area contributed by atoms with Gasteiger partial charge in [0, 0.05) is 42.7 Å². The standard InChI is InChI=1S/C21H23N3O5/c1-2-29-21(25)13-16-3-5-18(6-4-16)22-15-17-14-19(24(26)27)7-8-20(17)23-9-11-28-12-10-23/h3-8,14-15H,2,9-13H2,1H3. The zero-order valence-corrected chi connectivity index (χ0v) is 16.2. The van der Waals surface area contributed by atoms with E-state index in [1.54, 1.807) is 31.3 Å². The van der Waals surface area contributed by atoms with Gasteiger partial charge in [0.05, 0.1) is 36.9 Å². The summed E-state index contributed by atoms with van der Waals surface area (Å²) in [4.78, 5) is 28.9. The van der Waals surface area contributed by atoms with E-state index < -0.39 is 4.92 Å². The summed E-state index contributed by atoms with van der Waals surface area (Å²) in [6, 6.07) is 12.0. The Balaban J connectivity index is 1.80. The number of morpholine rings is 1. The lowest BCUT2D eigenvalue weighted by Crippen LogP contribution is -2.36. The van der Waals surface area contributed by atoms with E-state index >= 15 is 0 Å². The molecule has 3 rings (SSSR count). The van der Waals surface area contributed by atoms with Crippen molar-refractivity contribution in [2.75, 3.05) is 37.8 Å². The maximum absolute atomic E-state index is 11.6. The number of esters is 1. The van der Waals surface area contributed by atoms with Crippen molar-refractivity contribution in [2.24, 2.45) is 4.99 Å². The topological polar surface area (TPSA) is 94.3 Å². The summed E-state index contributed by atoms with van der Waals surface area (Å²) in [7, 11) is 0. The molecule has 0 saturated carbocycles. The molecule has 2 aromatic carbocycles. The van der Waals surface area contributed by atoms with Gasteiger partial charge >= 0.3 is 5.97 Å². The molecule has 0 unspecified atom stereocenters. The summed E-state index contributed by atoms with van der Waals surface area (Å²) in [6.07, 6.45) is 1.85. The number of anilines is 1. The van der Waals surface area contributed by atoms with Crippen LogP contribution in [0.25, 0.3) is 0 Å². The molecule has 152 valence electrons. The molecule has 0 spiro atoms. The van der Waals surface area contributed by atoms with Gasteiger partial charge in [0.25, 0.3) is 5.69 Å². The Bertz CT molecular complexity index is 890. The first-order valence-corrected chi connectivity index (χ1v) is 9.46. The largest absolute Gasteiger partial charge is 0.466 e. The Morgan fingerprint density at radius 3 is 2.62 bits per heavy atom. The van der Waals surface area contributed by atoms with Crippen LogP contribution < -0.4 is 4.90 Å². The van der Waals surface area contributed by atoms with Crippen molar-refractivity contribution in [1.29, 1.82) is 0 Å². The van der Waals surface area contributed by atoms with Crippen molar-refractivity contribution in [3.63, 3.8) is 0 Å². The van der Waals surface area contributed by atoms with E-state index in [-0.39, 0.29) is 18.1 Å². The van der Waals surface area contributed by atoms with Crippen LogP contribution in [0, 0.1) is 10.1 Å². The van der Waals surface area contributed by atoms with E-state index in [4.69, 9.17) is 9.47 Å². The van der Waals surface area contributed by atoms with E-state index in [1.165, 1.54) is 12.1 Å². The summed E-state index contributed by atoms with van der Waals surface area (Å²) in [6.45, 7) is 4.82. The first kappa shape index (κ1) is 20.5. The number of nitro benzene ring substituents is 1. The van der Waals surface area contributed by atoms with Gasteiger partial charge in [0.15, 0.2) is 0 Å². The number of aliphatic imine (C=N–C) groups is 1. The zero-order valence-electron chi connectivity index (χ0n) is 16.2. The smallest absolute Gasteiger partial charge is 0.310 e. The van der Waals surface area contributed by atoms with Crippen LogP contribution in [0.15, 0.2) is 47.5 Å². The second-order valence-corrected chi connectivity index (χ2v) is 6.51. The number of benzene rings is 2. The minimum absolute atomic E-state index is 0.0215. The molecule has 0 atom stereocenters.